The number of carbonyl (C=O) groups excluding carboxylic acids is 1. The number of anilines is 1. The van der Waals surface area contributed by atoms with Crippen molar-refractivity contribution in [1.82, 2.24) is 9.80 Å². The van der Waals surface area contributed by atoms with E-state index in [-0.39, 0.29) is 5.91 Å². The molecule has 2 saturated heterocycles. The van der Waals surface area contributed by atoms with E-state index in [0.717, 1.165) is 42.1 Å². The van der Waals surface area contributed by atoms with Crippen LogP contribution in [-0.4, -0.2) is 62.0 Å². The molecule has 2 N–H and O–H groups in total. The van der Waals surface area contributed by atoms with Gasteiger partial charge in [0, 0.05) is 49.5 Å². The molecule has 0 bridgehead atoms. The summed E-state index contributed by atoms with van der Waals surface area (Å²) in [4.78, 5) is 21.4. The maximum Gasteiger partial charge on any atom is 0.262 e. The van der Waals surface area contributed by atoms with Crippen LogP contribution in [0.3, 0.4) is 0 Å². The summed E-state index contributed by atoms with van der Waals surface area (Å²) in [5.41, 5.74) is 8.85. The van der Waals surface area contributed by atoms with Crippen LogP contribution in [0.5, 0.6) is 0 Å². The molecule has 1 aromatic carbocycles. The van der Waals surface area contributed by atoms with Crippen molar-refractivity contribution in [3.05, 3.63) is 47.0 Å². The highest BCUT2D eigenvalue weighted by Crippen LogP contribution is 2.35. The van der Waals surface area contributed by atoms with E-state index in [0.29, 0.717) is 16.6 Å². The summed E-state index contributed by atoms with van der Waals surface area (Å²) < 4.78 is 0. The van der Waals surface area contributed by atoms with Crippen molar-refractivity contribution >= 4 is 28.3 Å². The zero-order chi connectivity index (χ0) is 21.7. The second kappa shape index (κ2) is 10.4. The minimum absolute atomic E-state index is 0.0446. The Kier molecular flexibility index (Phi) is 7.89. The number of allylic oxidation sites excluding steroid dienone is 1. The van der Waals surface area contributed by atoms with Crippen LogP contribution in [0.25, 0.3) is 4.91 Å². The number of hydrogen-bond acceptors (Lipinski definition) is 5. The summed E-state index contributed by atoms with van der Waals surface area (Å²) in [7, 11) is 4.04. The first-order chi connectivity index (χ1) is 14.4. The predicted molar refractivity (Wildman–Crippen MR) is 129 cm³/mol. The van der Waals surface area contributed by atoms with Gasteiger partial charge in [-0.3, -0.25) is 4.79 Å². The van der Waals surface area contributed by atoms with Gasteiger partial charge < -0.3 is 20.4 Å². The van der Waals surface area contributed by atoms with Gasteiger partial charge in [0.25, 0.3) is 5.91 Å². The molecular formula is C24H36N4OS. The van der Waals surface area contributed by atoms with Crippen LogP contribution in [-0.2, 0) is 4.79 Å². The Morgan fingerprint density at radius 2 is 1.67 bits per heavy atom. The highest BCUT2D eigenvalue weighted by Gasteiger charge is 2.29. The fourth-order valence-corrected chi connectivity index (χ4v) is 5.16. The van der Waals surface area contributed by atoms with Crippen molar-refractivity contribution in [2.45, 2.75) is 45.1 Å². The fraction of sp³-hybridized carbons (Fsp3) is 0.542. The Hall–Kier alpha value is -1.92. The first-order valence-electron chi connectivity index (χ1n) is 11.0. The Labute approximate surface area is 186 Å². The van der Waals surface area contributed by atoms with E-state index < -0.39 is 0 Å². The van der Waals surface area contributed by atoms with Gasteiger partial charge >= 0.3 is 0 Å². The second-order valence-corrected chi connectivity index (χ2v) is 9.70. The van der Waals surface area contributed by atoms with E-state index >= 15 is 0 Å². The van der Waals surface area contributed by atoms with Crippen LogP contribution in [0.4, 0.5) is 5.69 Å². The molecule has 0 aliphatic carbocycles. The topological polar surface area (TPSA) is 52.8 Å². The van der Waals surface area contributed by atoms with Crippen molar-refractivity contribution in [3.63, 3.8) is 0 Å². The van der Waals surface area contributed by atoms with Crippen LogP contribution in [0.2, 0.25) is 0 Å². The van der Waals surface area contributed by atoms with Gasteiger partial charge in [-0.2, -0.15) is 0 Å². The van der Waals surface area contributed by atoms with Crippen molar-refractivity contribution in [3.8, 4) is 0 Å². The Morgan fingerprint density at radius 3 is 2.20 bits per heavy atom. The van der Waals surface area contributed by atoms with Gasteiger partial charge in [0.15, 0.2) is 0 Å². The summed E-state index contributed by atoms with van der Waals surface area (Å²) >= 11 is 1.40. The van der Waals surface area contributed by atoms with Crippen LogP contribution in [0.15, 0.2) is 41.4 Å². The van der Waals surface area contributed by atoms with E-state index in [1.807, 2.05) is 38.1 Å². The van der Waals surface area contributed by atoms with Crippen LogP contribution in [0, 0.1) is 0 Å². The van der Waals surface area contributed by atoms with E-state index in [2.05, 4.69) is 28.5 Å². The number of amides is 1. The molecule has 0 spiro atoms. The normalized spacial score (nSPS) is 19.4. The van der Waals surface area contributed by atoms with E-state index in [4.69, 9.17) is 5.73 Å². The number of piperidine rings is 2. The molecule has 3 rings (SSSR count). The minimum Gasteiger partial charge on any atom is -0.401 e. The average Bonchev–Trinajstić information content (AvgIpc) is 2.77. The van der Waals surface area contributed by atoms with Crippen LogP contribution in [0.1, 0.15) is 44.6 Å². The predicted octanol–water partition coefficient (Wildman–Crippen LogP) is 4.12. The lowest BCUT2D eigenvalue weighted by molar-refractivity contribution is -0.128. The summed E-state index contributed by atoms with van der Waals surface area (Å²) in [6.45, 7) is 10.1. The molecule has 1 aromatic rings. The highest BCUT2D eigenvalue weighted by atomic mass is 32.2. The molecule has 0 saturated carbocycles. The van der Waals surface area contributed by atoms with Crippen LogP contribution < -0.4 is 10.6 Å². The number of benzene rings is 1. The van der Waals surface area contributed by atoms with E-state index in [1.54, 1.807) is 0 Å². The second-order valence-electron chi connectivity index (χ2n) is 8.60. The maximum absolute atomic E-state index is 13.2. The van der Waals surface area contributed by atoms with Crippen molar-refractivity contribution in [1.29, 1.82) is 0 Å². The minimum atomic E-state index is 0.0446. The molecule has 5 nitrogen and oxygen atoms in total. The molecule has 2 aliphatic heterocycles. The number of nitrogens with two attached hydrogens (primary N) is 1. The monoisotopic (exact) mass is 428 g/mol. The lowest BCUT2D eigenvalue weighted by Gasteiger charge is -2.40. The van der Waals surface area contributed by atoms with Gasteiger partial charge in [0.2, 0.25) is 0 Å². The van der Waals surface area contributed by atoms with Crippen molar-refractivity contribution < 1.29 is 4.79 Å². The van der Waals surface area contributed by atoms with E-state index in [9.17, 15) is 4.79 Å². The average molecular weight is 429 g/mol. The Morgan fingerprint density at radius 1 is 1.07 bits per heavy atom. The third-order valence-corrected chi connectivity index (χ3v) is 7.32. The molecule has 0 aromatic heterocycles. The summed E-state index contributed by atoms with van der Waals surface area (Å²) in [6, 6.07) is 8.84. The van der Waals surface area contributed by atoms with Crippen molar-refractivity contribution in [2.24, 2.45) is 5.73 Å². The molecule has 6 heteroatoms. The maximum atomic E-state index is 13.2. The standard InChI is InChI=1S/C24H36N4OS/c1-18(25)23(30-19(2)20-8-10-21(11-9-20)26(3)4)24(29)28-16-12-22(13-17-28)27-14-6-5-7-15-27/h8-11,22H,2,5-7,12-17,25H2,1,3-4H3/b23-18-. The lowest BCUT2D eigenvalue weighted by atomic mass is 10.00. The quantitative estimate of drug-likeness (QED) is 0.691. The largest absolute Gasteiger partial charge is 0.401 e. The first kappa shape index (κ1) is 22.8. The molecule has 30 heavy (non-hydrogen) atoms. The lowest BCUT2D eigenvalue weighted by Crippen LogP contribution is -2.48. The number of hydrogen-bond donors (Lipinski definition) is 1. The molecule has 2 fully saturated rings. The SMILES string of the molecule is C=C(S/C(C(=O)N1CCC(N2CCCCC2)CC1)=C(/C)N)c1ccc(N(C)C)cc1. The first-order valence-corrected chi connectivity index (χ1v) is 11.8. The van der Waals surface area contributed by atoms with Gasteiger partial charge in [-0.05, 0) is 63.4 Å². The smallest absolute Gasteiger partial charge is 0.262 e. The van der Waals surface area contributed by atoms with Gasteiger partial charge in [-0.15, -0.1) is 0 Å². The zero-order valence-corrected chi connectivity index (χ0v) is 19.5. The molecule has 0 atom stereocenters. The van der Waals surface area contributed by atoms with Crippen molar-refractivity contribution in [2.75, 3.05) is 45.2 Å². The number of rotatable bonds is 6. The Bertz CT molecular complexity index is 769. The molecule has 2 aliphatic rings. The molecular weight excluding hydrogens is 392 g/mol. The van der Waals surface area contributed by atoms with Crippen LogP contribution >= 0.6 is 11.8 Å². The van der Waals surface area contributed by atoms with Gasteiger partial charge in [0.1, 0.15) is 0 Å². The number of likely N-dealkylation sites (tertiary alicyclic amines) is 2. The third kappa shape index (κ3) is 5.61. The molecule has 164 valence electrons. The summed E-state index contributed by atoms with van der Waals surface area (Å²) in [5.74, 6) is 0.0446. The number of carbonyl (C=O) groups is 1. The molecule has 2 heterocycles. The van der Waals surface area contributed by atoms with Gasteiger partial charge in [0.05, 0.1) is 4.91 Å². The highest BCUT2D eigenvalue weighted by molar-refractivity contribution is 8.12. The molecule has 1 amide bonds. The summed E-state index contributed by atoms with van der Waals surface area (Å²) in [5, 5.41) is 0. The number of nitrogens with zero attached hydrogens (tertiary/aromatic N) is 3. The third-order valence-electron chi connectivity index (χ3n) is 6.14. The zero-order valence-electron chi connectivity index (χ0n) is 18.7. The summed E-state index contributed by atoms with van der Waals surface area (Å²) in [6.07, 6.45) is 6.09. The Balaban J connectivity index is 1.60. The number of thioether (sulfide) groups is 1. The van der Waals surface area contributed by atoms with Gasteiger partial charge in [-0.25, -0.2) is 0 Å². The van der Waals surface area contributed by atoms with Gasteiger partial charge in [-0.1, -0.05) is 36.9 Å². The molecule has 0 unspecified atom stereocenters. The van der Waals surface area contributed by atoms with E-state index in [1.165, 1.54) is 44.1 Å². The fourth-order valence-electron chi connectivity index (χ4n) is 4.28. The molecule has 0 radical (unpaired) electrons.